The molecule has 7 rings (SSSR count). The Kier molecular flexibility index (Phi) is 7.52. The van der Waals surface area contributed by atoms with Gasteiger partial charge in [-0.3, -0.25) is 19.2 Å². The van der Waals surface area contributed by atoms with Crippen LogP contribution < -0.4 is 9.80 Å². The van der Waals surface area contributed by atoms with Crippen LogP contribution in [0.25, 0.3) is 0 Å². The van der Waals surface area contributed by atoms with Gasteiger partial charge >= 0.3 is 0 Å². The van der Waals surface area contributed by atoms with Crippen LogP contribution >= 0.6 is 34.8 Å². The van der Waals surface area contributed by atoms with Crippen LogP contribution in [0.4, 0.5) is 33.3 Å². The number of halogens is 8. The molecule has 3 fully saturated rings. The van der Waals surface area contributed by atoms with Crippen LogP contribution in [0.5, 0.6) is 5.75 Å². The lowest BCUT2D eigenvalue weighted by molar-refractivity contribution is -0.125. The summed E-state index contributed by atoms with van der Waals surface area (Å²) in [4.78, 5) is 52.0. The Balaban J connectivity index is 1.43. The number of benzene rings is 3. The summed E-state index contributed by atoms with van der Waals surface area (Å²) in [5.41, 5.74) is -0.203. The monoisotopic (exact) mass is 738 g/mol. The van der Waals surface area contributed by atoms with Crippen LogP contribution in [0.2, 0.25) is 5.02 Å². The van der Waals surface area contributed by atoms with Crippen LogP contribution in [-0.4, -0.2) is 38.5 Å². The summed E-state index contributed by atoms with van der Waals surface area (Å²) in [6, 6.07) is 8.68. The minimum absolute atomic E-state index is 0.0174. The summed E-state index contributed by atoms with van der Waals surface area (Å²) in [7, 11) is 0. The van der Waals surface area contributed by atoms with E-state index in [0.717, 1.165) is 4.90 Å². The topological polar surface area (TPSA) is 95.0 Å². The first-order valence-electron chi connectivity index (χ1n) is 14.9. The molecule has 0 radical (unpaired) electrons. The second kappa shape index (κ2) is 11.0. The standard InChI is InChI=1S/C34H22Cl3F5N2O5/c1-12-3-5-15(10-19(12)35)43-29(46)17-7-6-16-18(21(17)30(43)47)11-33(36)31(48)44(28-26(41)24(39)23(38)25(40)27(28)42)32(49)34(33,37)22(16)14-4-8-20(45)13(2)9-14/h3-6,8-10,17-18,21-22,45H,7,11H2,1-2H3/t17-,18+,21-,22-,33+,34-/m0/s1. The first-order chi connectivity index (χ1) is 23.0. The highest BCUT2D eigenvalue weighted by atomic mass is 35.5. The number of rotatable bonds is 3. The molecule has 4 aliphatic rings. The Hall–Kier alpha value is -4.00. The van der Waals surface area contributed by atoms with Gasteiger partial charge in [-0.25, -0.2) is 31.8 Å². The molecule has 15 heteroatoms. The van der Waals surface area contributed by atoms with Crippen LogP contribution in [-0.2, 0) is 19.2 Å². The number of phenolic OH excluding ortho intramolecular Hbond substituents is 1. The van der Waals surface area contributed by atoms with E-state index in [9.17, 15) is 37.5 Å². The van der Waals surface area contributed by atoms with Gasteiger partial charge in [0.2, 0.25) is 17.6 Å². The van der Waals surface area contributed by atoms with E-state index in [4.69, 9.17) is 34.8 Å². The quantitative estimate of drug-likeness (QED) is 0.0771. The number of carbonyl (C=O) groups is 4. The Morgan fingerprint density at radius 3 is 2.02 bits per heavy atom. The number of carbonyl (C=O) groups excluding carboxylic acids is 4. The van der Waals surface area contributed by atoms with Gasteiger partial charge < -0.3 is 5.11 Å². The molecule has 2 heterocycles. The van der Waals surface area contributed by atoms with Crippen molar-refractivity contribution in [3.63, 3.8) is 0 Å². The molecule has 0 unspecified atom stereocenters. The predicted octanol–water partition coefficient (Wildman–Crippen LogP) is 7.13. The highest BCUT2D eigenvalue weighted by molar-refractivity contribution is 6.58. The molecule has 0 spiro atoms. The number of alkyl halides is 2. The van der Waals surface area contributed by atoms with Gasteiger partial charge in [-0.15, -0.1) is 23.2 Å². The molecule has 2 aliphatic carbocycles. The lowest BCUT2D eigenvalue weighted by atomic mass is 9.56. The molecule has 254 valence electrons. The third-order valence-corrected chi connectivity index (χ3v) is 12.0. The normalized spacial score (nSPS) is 29.3. The summed E-state index contributed by atoms with van der Waals surface area (Å²) in [6.07, 6.45) is 0.946. The molecule has 1 N–H and O–H groups in total. The number of imide groups is 2. The van der Waals surface area contributed by atoms with Gasteiger partial charge in [0.15, 0.2) is 33.0 Å². The van der Waals surface area contributed by atoms with Crippen molar-refractivity contribution in [2.75, 3.05) is 9.80 Å². The van der Waals surface area contributed by atoms with Crippen molar-refractivity contribution in [2.45, 2.75) is 42.4 Å². The van der Waals surface area contributed by atoms with E-state index in [1.807, 2.05) is 0 Å². The largest absolute Gasteiger partial charge is 0.508 e. The van der Waals surface area contributed by atoms with Crippen molar-refractivity contribution in [3.05, 3.63) is 98.8 Å². The number of amides is 4. The molecule has 49 heavy (non-hydrogen) atoms. The van der Waals surface area contributed by atoms with Gasteiger partial charge in [-0.1, -0.05) is 41.4 Å². The first-order valence-corrected chi connectivity index (χ1v) is 16.0. The predicted molar refractivity (Wildman–Crippen MR) is 168 cm³/mol. The maximum Gasteiger partial charge on any atom is 0.258 e. The lowest BCUT2D eigenvalue weighted by Crippen LogP contribution is -2.60. The van der Waals surface area contributed by atoms with Crippen molar-refractivity contribution in [3.8, 4) is 5.75 Å². The molecular formula is C34H22Cl3F5N2O5. The zero-order chi connectivity index (χ0) is 35.6. The molecule has 2 saturated heterocycles. The van der Waals surface area contributed by atoms with Gasteiger partial charge in [0.1, 0.15) is 11.4 Å². The summed E-state index contributed by atoms with van der Waals surface area (Å²) >= 11 is 20.5. The zero-order valence-corrected chi connectivity index (χ0v) is 27.5. The number of allylic oxidation sites excluding steroid dienone is 2. The molecule has 4 amide bonds. The van der Waals surface area contributed by atoms with Gasteiger partial charge in [0.25, 0.3) is 11.8 Å². The Labute approximate surface area is 289 Å². The van der Waals surface area contributed by atoms with Crippen LogP contribution in [0, 0.1) is 60.7 Å². The fraction of sp³-hybridized carbons (Fsp3) is 0.294. The molecule has 7 nitrogen and oxygen atoms in total. The van der Waals surface area contributed by atoms with Crippen molar-refractivity contribution >= 4 is 69.8 Å². The highest BCUT2D eigenvalue weighted by Crippen LogP contribution is 2.66. The number of hydrogen-bond donors (Lipinski definition) is 1. The molecule has 2 aliphatic heterocycles. The van der Waals surface area contributed by atoms with Gasteiger partial charge in [0.05, 0.1) is 17.5 Å². The zero-order valence-electron chi connectivity index (χ0n) is 25.3. The SMILES string of the molecule is Cc1cc([C@H]2C3=CC[C@@H]4C(=O)N(c5ccc(C)c(Cl)c5)C(=O)[C@@H]4[C@@H]3C[C@@]3(Cl)C(=O)N(c4c(F)c(F)c(F)c(F)c4F)C(=O)[C@@]23Cl)ccc1O. The molecule has 1 saturated carbocycles. The number of aryl methyl sites for hydroxylation is 2. The number of nitrogens with zero attached hydrogens (tertiary/aromatic N) is 2. The number of hydrogen-bond acceptors (Lipinski definition) is 5. The summed E-state index contributed by atoms with van der Waals surface area (Å²) in [5.74, 6) is -21.4. The molecule has 6 atom stereocenters. The average Bonchev–Trinajstić information content (AvgIpc) is 3.40. The summed E-state index contributed by atoms with van der Waals surface area (Å²) in [6.45, 7) is 3.25. The Bertz CT molecular complexity index is 2080. The van der Waals surface area contributed by atoms with E-state index >= 15 is 8.78 Å². The van der Waals surface area contributed by atoms with E-state index in [1.54, 1.807) is 25.1 Å². The maximum atomic E-state index is 15.2. The second-order valence-corrected chi connectivity index (χ2v) is 14.3. The fourth-order valence-corrected chi connectivity index (χ4v) is 8.88. The molecule has 3 aromatic rings. The molecule has 0 bridgehead atoms. The molecule has 0 aromatic heterocycles. The minimum Gasteiger partial charge on any atom is -0.508 e. The first kappa shape index (κ1) is 33.5. The Morgan fingerprint density at radius 2 is 1.41 bits per heavy atom. The van der Waals surface area contributed by atoms with Crippen LogP contribution in [0.3, 0.4) is 0 Å². The van der Waals surface area contributed by atoms with E-state index < -0.39 is 98.2 Å². The van der Waals surface area contributed by atoms with E-state index in [1.165, 1.54) is 31.2 Å². The number of anilines is 2. The third-order valence-electron chi connectivity index (χ3n) is 10.2. The third kappa shape index (κ3) is 4.26. The maximum absolute atomic E-state index is 15.2. The van der Waals surface area contributed by atoms with Crippen molar-refractivity contribution in [2.24, 2.45) is 17.8 Å². The smallest absolute Gasteiger partial charge is 0.258 e. The van der Waals surface area contributed by atoms with E-state index in [2.05, 4.69) is 0 Å². The average molecular weight is 740 g/mol. The number of fused-ring (bicyclic) bond motifs is 4. The second-order valence-electron chi connectivity index (χ2n) is 12.7. The Morgan fingerprint density at radius 1 is 0.776 bits per heavy atom. The van der Waals surface area contributed by atoms with Crippen molar-refractivity contribution in [1.82, 2.24) is 0 Å². The van der Waals surface area contributed by atoms with Crippen molar-refractivity contribution < 1.29 is 46.2 Å². The minimum atomic E-state index is -2.65. The van der Waals surface area contributed by atoms with E-state index in [-0.39, 0.29) is 33.9 Å². The molecular weight excluding hydrogens is 718 g/mol. The van der Waals surface area contributed by atoms with Gasteiger partial charge in [-0.05, 0) is 67.5 Å². The van der Waals surface area contributed by atoms with Gasteiger partial charge in [-0.2, -0.15) is 0 Å². The highest BCUT2D eigenvalue weighted by Gasteiger charge is 2.77. The lowest BCUT2D eigenvalue weighted by Gasteiger charge is -2.50. The summed E-state index contributed by atoms with van der Waals surface area (Å²) in [5, 5.41) is 10.6. The van der Waals surface area contributed by atoms with Gasteiger partial charge in [0, 0.05) is 10.9 Å². The van der Waals surface area contributed by atoms with E-state index in [0.29, 0.717) is 16.2 Å². The number of phenols is 1. The van der Waals surface area contributed by atoms with Crippen molar-refractivity contribution in [1.29, 1.82) is 0 Å². The number of aromatic hydroxyl groups is 1. The van der Waals surface area contributed by atoms with Crippen LogP contribution in [0.15, 0.2) is 48.0 Å². The summed E-state index contributed by atoms with van der Waals surface area (Å²) < 4.78 is 73.2. The fourth-order valence-electron chi connectivity index (χ4n) is 7.77. The van der Waals surface area contributed by atoms with Crippen LogP contribution in [0.1, 0.15) is 35.4 Å². The molecule has 3 aromatic carbocycles.